The fraction of sp³-hybridized carbons (Fsp3) is 0.761. The van der Waals surface area contributed by atoms with Gasteiger partial charge in [0.1, 0.15) is 13.2 Å². The third kappa shape index (κ3) is 40.2. The first kappa shape index (κ1) is 53.2. The minimum atomic E-state index is -4.36. The molecule has 0 aromatic rings. The predicted octanol–water partition coefficient (Wildman–Crippen LogP) is 12.2. The van der Waals surface area contributed by atoms with Crippen LogP contribution in [0.15, 0.2) is 60.8 Å². The molecule has 0 aromatic carbocycles. The van der Waals surface area contributed by atoms with Crippen molar-refractivity contribution in [3.05, 3.63) is 60.8 Å². The highest BCUT2D eigenvalue weighted by molar-refractivity contribution is 7.47. The first-order valence-electron chi connectivity index (χ1n) is 22.2. The van der Waals surface area contributed by atoms with E-state index in [4.69, 9.17) is 9.05 Å². The molecule has 0 radical (unpaired) electrons. The van der Waals surface area contributed by atoms with Crippen LogP contribution in [-0.4, -0.2) is 73.4 Å². The summed E-state index contributed by atoms with van der Waals surface area (Å²) in [6, 6.07) is -0.900. The van der Waals surface area contributed by atoms with Crippen LogP contribution in [-0.2, 0) is 18.4 Å². The zero-order valence-corrected chi connectivity index (χ0v) is 37.0. The number of rotatable bonds is 39. The molecule has 3 N–H and O–H groups in total. The second-order valence-electron chi connectivity index (χ2n) is 16.0. The molecular weight excluding hydrogens is 707 g/mol. The van der Waals surface area contributed by atoms with Crippen LogP contribution in [0, 0.1) is 0 Å². The molecule has 55 heavy (non-hydrogen) atoms. The van der Waals surface area contributed by atoms with E-state index in [1.54, 1.807) is 6.08 Å². The van der Waals surface area contributed by atoms with Crippen LogP contribution in [0.25, 0.3) is 0 Å². The maximum atomic E-state index is 12.8. The van der Waals surface area contributed by atoms with Gasteiger partial charge in [-0.1, -0.05) is 164 Å². The zero-order chi connectivity index (χ0) is 40.7. The third-order valence-corrected chi connectivity index (χ3v) is 10.4. The van der Waals surface area contributed by atoms with Gasteiger partial charge >= 0.3 is 7.82 Å². The molecule has 0 aromatic heterocycles. The van der Waals surface area contributed by atoms with E-state index in [0.717, 1.165) is 38.5 Å². The van der Waals surface area contributed by atoms with Crippen molar-refractivity contribution in [2.75, 3.05) is 40.9 Å². The number of aliphatic hydroxyl groups excluding tert-OH is 1. The summed E-state index contributed by atoms with van der Waals surface area (Å²) in [5.74, 6) is -0.261. The van der Waals surface area contributed by atoms with E-state index in [1.165, 1.54) is 109 Å². The van der Waals surface area contributed by atoms with E-state index < -0.39 is 20.0 Å². The first-order valence-corrected chi connectivity index (χ1v) is 23.7. The number of hydrogen-bond donors (Lipinski definition) is 3. The Balaban J connectivity index is 4.57. The Hall–Kier alpha value is -1.80. The molecule has 3 atom stereocenters. The number of carbonyl (C=O) groups excluding carboxylic acids is 1. The summed E-state index contributed by atoms with van der Waals surface area (Å²) in [6.07, 6.45) is 48.9. The van der Waals surface area contributed by atoms with Gasteiger partial charge in [-0.25, -0.2) is 4.57 Å². The van der Waals surface area contributed by atoms with Crippen molar-refractivity contribution in [1.82, 2.24) is 5.32 Å². The van der Waals surface area contributed by atoms with Crippen molar-refractivity contribution in [1.29, 1.82) is 0 Å². The summed E-state index contributed by atoms with van der Waals surface area (Å²) in [5, 5.41) is 13.7. The highest BCUT2D eigenvalue weighted by Gasteiger charge is 2.27. The number of allylic oxidation sites excluding steroid dienone is 9. The highest BCUT2D eigenvalue weighted by Crippen LogP contribution is 2.43. The first-order chi connectivity index (χ1) is 26.5. The molecular formula is C46H86N2O6P+. The number of amides is 1. The lowest BCUT2D eigenvalue weighted by Crippen LogP contribution is -2.45. The molecule has 0 saturated heterocycles. The average molecular weight is 794 g/mol. The van der Waals surface area contributed by atoms with E-state index in [-0.39, 0.29) is 25.5 Å². The van der Waals surface area contributed by atoms with Crippen LogP contribution >= 0.6 is 7.82 Å². The molecule has 0 aliphatic rings. The Morgan fingerprint density at radius 3 is 1.56 bits per heavy atom. The van der Waals surface area contributed by atoms with Crippen LogP contribution in [0.5, 0.6) is 0 Å². The van der Waals surface area contributed by atoms with Gasteiger partial charge < -0.3 is 19.8 Å². The van der Waals surface area contributed by atoms with Gasteiger partial charge in [0.15, 0.2) is 0 Å². The lowest BCUT2D eigenvalue weighted by atomic mass is 10.1. The van der Waals surface area contributed by atoms with Gasteiger partial charge in [0.2, 0.25) is 5.91 Å². The van der Waals surface area contributed by atoms with Crippen molar-refractivity contribution < 1.29 is 32.9 Å². The SMILES string of the molecule is CCCCCCCC/C=C\C/C=C\CCC(=O)NC(COP(=O)(O)OCC[N+](C)(C)C)C(O)/C=C/CC/C=C/CC/C=C/CCCCCCCCCCCC. The Morgan fingerprint density at radius 2 is 1.05 bits per heavy atom. The van der Waals surface area contributed by atoms with Crippen LogP contribution < -0.4 is 5.32 Å². The summed E-state index contributed by atoms with van der Waals surface area (Å²) < 4.78 is 23.5. The monoisotopic (exact) mass is 794 g/mol. The Kier molecular flexibility index (Phi) is 36.5. The Bertz CT molecular complexity index is 1080. The normalized spacial score (nSPS) is 15.0. The number of nitrogens with zero attached hydrogens (tertiary/aromatic N) is 1. The smallest absolute Gasteiger partial charge is 0.387 e. The van der Waals surface area contributed by atoms with Crippen LogP contribution in [0.2, 0.25) is 0 Å². The van der Waals surface area contributed by atoms with Gasteiger partial charge in [0, 0.05) is 6.42 Å². The van der Waals surface area contributed by atoms with Crippen LogP contribution in [0.4, 0.5) is 0 Å². The van der Waals surface area contributed by atoms with Crippen LogP contribution in [0.3, 0.4) is 0 Å². The van der Waals surface area contributed by atoms with Crippen molar-refractivity contribution in [3.63, 3.8) is 0 Å². The fourth-order valence-electron chi connectivity index (χ4n) is 5.89. The molecule has 0 bridgehead atoms. The molecule has 1 amide bonds. The van der Waals surface area contributed by atoms with Gasteiger partial charge in [-0.3, -0.25) is 13.8 Å². The van der Waals surface area contributed by atoms with Gasteiger partial charge in [-0.05, 0) is 64.2 Å². The standard InChI is InChI=1S/C46H85N2O6P/c1-6-8-10-12-14-16-18-20-21-22-23-24-25-26-28-29-31-33-35-37-39-45(49)44(43-54-55(51,52)53-42-41-48(3,4)5)47-46(50)40-38-36-34-32-30-27-19-17-15-13-11-9-7-2/h24-25,27,29-31,34,36-37,39,44-45,49H,6-23,26,28,32-33,35,38,40-43H2,1-5H3,(H-,47,50,51,52)/p+1/b25-24+,30-27-,31-29+,36-34-,39-37+. The predicted molar refractivity (Wildman–Crippen MR) is 235 cm³/mol. The van der Waals surface area contributed by atoms with Crippen molar-refractivity contribution >= 4 is 13.7 Å². The van der Waals surface area contributed by atoms with E-state index in [1.807, 2.05) is 33.3 Å². The van der Waals surface area contributed by atoms with Gasteiger partial charge in [0.25, 0.3) is 0 Å². The molecule has 8 nitrogen and oxygen atoms in total. The van der Waals surface area contributed by atoms with Crippen LogP contribution in [0.1, 0.15) is 174 Å². The molecule has 0 saturated carbocycles. The van der Waals surface area contributed by atoms with Crippen molar-refractivity contribution in [3.8, 4) is 0 Å². The van der Waals surface area contributed by atoms with Gasteiger partial charge in [-0.2, -0.15) is 0 Å². The zero-order valence-electron chi connectivity index (χ0n) is 36.1. The summed E-state index contributed by atoms with van der Waals surface area (Å²) >= 11 is 0. The summed E-state index contributed by atoms with van der Waals surface area (Å²) in [5.41, 5.74) is 0. The summed E-state index contributed by atoms with van der Waals surface area (Å²) in [6.45, 7) is 4.71. The number of nitrogens with one attached hydrogen (secondary N) is 1. The second-order valence-corrected chi connectivity index (χ2v) is 17.5. The minimum absolute atomic E-state index is 0.0422. The topological polar surface area (TPSA) is 105 Å². The fourth-order valence-corrected chi connectivity index (χ4v) is 6.62. The number of unbranched alkanes of at least 4 members (excludes halogenated alkanes) is 18. The lowest BCUT2D eigenvalue weighted by Gasteiger charge is -2.25. The summed E-state index contributed by atoms with van der Waals surface area (Å²) in [4.78, 5) is 23.0. The highest BCUT2D eigenvalue weighted by atomic mass is 31.2. The molecule has 3 unspecified atom stereocenters. The largest absolute Gasteiger partial charge is 0.472 e. The molecule has 0 aliphatic heterocycles. The van der Waals surface area contributed by atoms with E-state index in [9.17, 15) is 19.4 Å². The van der Waals surface area contributed by atoms with E-state index >= 15 is 0 Å². The van der Waals surface area contributed by atoms with Crippen molar-refractivity contribution in [2.45, 2.75) is 187 Å². The number of hydrogen-bond acceptors (Lipinski definition) is 5. The maximum Gasteiger partial charge on any atom is 0.472 e. The number of likely N-dealkylation sites (N-methyl/N-ethyl adjacent to an activating group) is 1. The quantitative estimate of drug-likeness (QED) is 0.0248. The molecule has 0 fully saturated rings. The van der Waals surface area contributed by atoms with Gasteiger partial charge in [-0.15, -0.1) is 0 Å². The number of carbonyl (C=O) groups is 1. The Morgan fingerprint density at radius 1 is 0.618 bits per heavy atom. The van der Waals surface area contributed by atoms with Gasteiger partial charge in [0.05, 0.1) is 39.9 Å². The number of phosphoric acid groups is 1. The van der Waals surface area contributed by atoms with E-state index in [2.05, 4.69) is 61.7 Å². The number of quaternary nitrogens is 1. The maximum absolute atomic E-state index is 12.8. The lowest BCUT2D eigenvalue weighted by molar-refractivity contribution is -0.870. The average Bonchev–Trinajstić information content (AvgIpc) is 3.13. The minimum Gasteiger partial charge on any atom is -0.387 e. The molecule has 9 heteroatoms. The van der Waals surface area contributed by atoms with Crippen molar-refractivity contribution in [2.24, 2.45) is 0 Å². The Labute approximate surface area is 339 Å². The molecule has 0 spiro atoms. The second kappa shape index (κ2) is 37.8. The molecule has 320 valence electrons. The molecule has 0 heterocycles. The summed E-state index contributed by atoms with van der Waals surface area (Å²) in [7, 11) is 1.51. The molecule has 0 aliphatic carbocycles. The van der Waals surface area contributed by atoms with E-state index in [0.29, 0.717) is 17.4 Å². The number of phosphoric ester groups is 1. The molecule has 0 rings (SSSR count). The third-order valence-electron chi connectivity index (χ3n) is 9.45. The number of aliphatic hydroxyl groups is 1.